The second-order valence-corrected chi connectivity index (χ2v) is 4.33. The van der Waals surface area contributed by atoms with Crippen molar-refractivity contribution in [2.45, 2.75) is 9.79 Å². The smallest absolute Gasteiger partial charge is 0.144 e. The maximum atomic E-state index is 13.0. The third kappa shape index (κ3) is 1.49. The van der Waals surface area contributed by atoms with Crippen LogP contribution in [0.4, 0.5) is 4.39 Å². The summed E-state index contributed by atoms with van der Waals surface area (Å²) in [6, 6.07) is 12.3. The Hall–Kier alpha value is -1.48. The highest BCUT2D eigenvalue weighted by atomic mass is 32.2. The van der Waals surface area contributed by atoms with E-state index in [4.69, 9.17) is 4.74 Å². The zero-order chi connectivity index (χ0) is 10.3. The molecule has 15 heavy (non-hydrogen) atoms. The minimum atomic E-state index is -0.270. The van der Waals surface area contributed by atoms with Crippen LogP contribution < -0.4 is 4.74 Å². The predicted molar refractivity (Wildman–Crippen MR) is 57.0 cm³/mol. The average molecular weight is 218 g/mol. The Morgan fingerprint density at radius 2 is 1.73 bits per heavy atom. The summed E-state index contributed by atoms with van der Waals surface area (Å²) in [7, 11) is 0. The van der Waals surface area contributed by atoms with E-state index in [0.717, 1.165) is 15.5 Å². The van der Waals surface area contributed by atoms with Crippen LogP contribution in [0.2, 0.25) is 0 Å². The second kappa shape index (κ2) is 3.28. The molecule has 1 aliphatic rings. The van der Waals surface area contributed by atoms with Gasteiger partial charge in [-0.25, -0.2) is 4.39 Å². The van der Waals surface area contributed by atoms with Gasteiger partial charge in [0.1, 0.15) is 17.3 Å². The summed E-state index contributed by atoms with van der Waals surface area (Å²) >= 11 is 1.60. The molecule has 0 aromatic heterocycles. The Labute approximate surface area is 90.9 Å². The first-order valence-corrected chi connectivity index (χ1v) is 5.39. The van der Waals surface area contributed by atoms with Gasteiger partial charge in [0, 0.05) is 6.07 Å². The van der Waals surface area contributed by atoms with Gasteiger partial charge in [-0.1, -0.05) is 23.9 Å². The largest absolute Gasteiger partial charge is 0.455 e. The number of hydrogen-bond acceptors (Lipinski definition) is 2. The van der Waals surface area contributed by atoms with Crippen molar-refractivity contribution in [2.75, 3.05) is 0 Å². The summed E-state index contributed by atoms with van der Waals surface area (Å²) in [4.78, 5) is 2.02. The molecule has 1 nitrogen and oxygen atoms in total. The van der Waals surface area contributed by atoms with Crippen LogP contribution in [0.1, 0.15) is 0 Å². The van der Waals surface area contributed by atoms with Gasteiger partial charge < -0.3 is 4.74 Å². The van der Waals surface area contributed by atoms with Gasteiger partial charge in [0.05, 0.1) is 9.79 Å². The molecule has 3 heteroatoms. The molecule has 1 aliphatic heterocycles. The fraction of sp³-hybridized carbons (Fsp3) is 0. The molecule has 0 atom stereocenters. The molecule has 0 N–H and O–H groups in total. The molecule has 1 heterocycles. The van der Waals surface area contributed by atoms with Gasteiger partial charge >= 0.3 is 0 Å². The molecule has 0 bridgehead atoms. The first-order valence-electron chi connectivity index (χ1n) is 4.57. The molecule has 0 spiro atoms. The summed E-state index contributed by atoms with van der Waals surface area (Å²) in [6.07, 6.45) is 0. The summed E-state index contributed by atoms with van der Waals surface area (Å²) in [5, 5.41) is 0. The SMILES string of the molecule is Fc1ccc2c(c1)Oc1ccccc1S2. The van der Waals surface area contributed by atoms with Crippen LogP contribution in [0.15, 0.2) is 52.3 Å². The highest BCUT2D eigenvalue weighted by molar-refractivity contribution is 7.99. The molecule has 0 saturated carbocycles. The van der Waals surface area contributed by atoms with E-state index in [0.29, 0.717) is 5.75 Å². The third-order valence-electron chi connectivity index (χ3n) is 2.19. The van der Waals surface area contributed by atoms with E-state index in [-0.39, 0.29) is 5.82 Å². The fourth-order valence-electron chi connectivity index (χ4n) is 1.50. The van der Waals surface area contributed by atoms with E-state index in [1.54, 1.807) is 17.8 Å². The lowest BCUT2D eigenvalue weighted by Gasteiger charge is -2.18. The molecule has 0 fully saturated rings. The van der Waals surface area contributed by atoms with E-state index >= 15 is 0 Å². The van der Waals surface area contributed by atoms with Crippen LogP contribution in [-0.4, -0.2) is 0 Å². The van der Waals surface area contributed by atoms with Crippen molar-refractivity contribution in [2.24, 2.45) is 0 Å². The van der Waals surface area contributed by atoms with Gasteiger partial charge in [0.2, 0.25) is 0 Å². The molecular formula is C12H7FOS. The zero-order valence-corrected chi connectivity index (χ0v) is 8.55. The summed E-state index contributed by atoms with van der Waals surface area (Å²) < 4.78 is 18.6. The van der Waals surface area contributed by atoms with E-state index in [2.05, 4.69) is 0 Å². The number of para-hydroxylation sites is 1. The van der Waals surface area contributed by atoms with Gasteiger partial charge in [-0.2, -0.15) is 0 Å². The Morgan fingerprint density at radius 3 is 2.67 bits per heavy atom. The van der Waals surface area contributed by atoms with Crippen LogP contribution in [-0.2, 0) is 0 Å². The number of ether oxygens (including phenoxy) is 1. The lowest BCUT2D eigenvalue weighted by atomic mass is 10.3. The van der Waals surface area contributed by atoms with Crippen LogP contribution in [0, 0.1) is 5.82 Å². The Bertz CT molecular complexity index is 525. The van der Waals surface area contributed by atoms with Gasteiger partial charge in [0.25, 0.3) is 0 Å². The molecular weight excluding hydrogens is 211 g/mol. The minimum Gasteiger partial charge on any atom is -0.455 e. The number of rotatable bonds is 0. The molecule has 74 valence electrons. The van der Waals surface area contributed by atoms with E-state index in [9.17, 15) is 4.39 Å². The summed E-state index contributed by atoms with van der Waals surface area (Å²) in [6.45, 7) is 0. The maximum Gasteiger partial charge on any atom is 0.144 e. The molecule has 2 aromatic rings. The predicted octanol–water partition coefficient (Wildman–Crippen LogP) is 4.08. The van der Waals surface area contributed by atoms with Crippen molar-refractivity contribution in [1.82, 2.24) is 0 Å². The zero-order valence-electron chi connectivity index (χ0n) is 7.74. The quantitative estimate of drug-likeness (QED) is 0.562. The second-order valence-electron chi connectivity index (χ2n) is 3.24. The normalized spacial score (nSPS) is 12.6. The van der Waals surface area contributed by atoms with E-state index < -0.39 is 0 Å². The lowest BCUT2D eigenvalue weighted by Crippen LogP contribution is -1.94. The van der Waals surface area contributed by atoms with Crippen molar-refractivity contribution >= 4 is 11.8 Å². The molecule has 0 aliphatic carbocycles. The molecule has 0 unspecified atom stereocenters. The lowest BCUT2D eigenvalue weighted by molar-refractivity contribution is 0.449. The van der Waals surface area contributed by atoms with Gasteiger partial charge in [0.15, 0.2) is 0 Å². The number of halogens is 1. The molecule has 0 amide bonds. The van der Waals surface area contributed by atoms with Crippen LogP contribution in [0.5, 0.6) is 11.5 Å². The van der Waals surface area contributed by atoms with Gasteiger partial charge in [-0.15, -0.1) is 0 Å². The van der Waals surface area contributed by atoms with Crippen molar-refractivity contribution in [3.8, 4) is 11.5 Å². The fourth-order valence-corrected chi connectivity index (χ4v) is 2.43. The van der Waals surface area contributed by atoms with Crippen LogP contribution in [0.3, 0.4) is 0 Å². The average Bonchev–Trinajstić information content (AvgIpc) is 2.26. The first kappa shape index (κ1) is 8.80. The molecule has 0 saturated heterocycles. The monoisotopic (exact) mass is 218 g/mol. The Morgan fingerprint density at radius 1 is 0.933 bits per heavy atom. The molecule has 3 rings (SSSR count). The number of fused-ring (bicyclic) bond motifs is 2. The van der Waals surface area contributed by atoms with Gasteiger partial charge in [-0.05, 0) is 24.3 Å². The summed E-state index contributed by atoms with van der Waals surface area (Å²) in [5.74, 6) is 1.12. The van der Waals surface area contributed by atoms with Gasteiger partial charge in [-0.3, -0.25) is 0 Å². The Balaban J connectivity index is 2.11. The maximum absolute atomic E-state index is 13.0. The Kier molecular flexibility index (Phi) is 1.92. The van der Waals surface area contributed by atoms with Crippen molar-refractivity contribution < 1.29 is 9.13 Å². The standard InChI is InChI=1S/C12H7FOS/c13-8-5-6-12-10(7-8)14-9-3-1-2-4-11(9)15-12/h1-7H. The van der Waals surface area contributed by atoms with E-state index in [1.165, 1.54) is 12.1 Å². The van der Waals surface area contributed by atoms with Crippen LogP contribution >= 0.6 is 11.8 Å². The molecule has 0 radical (unpaired) electrons. The van der Waals surface area contributed by atoms with Crippen molar-refractivity contribution in [3.05, 3.63) is 48.3 Å². The van der Waals surface area contributed by atoms with Crippen molar-refractivity contribution in [3.63, 3.8) is 0 Å². The topological polar surface area (TPSA) is 9.23 Å². The van der Waals surface area contributed by atoms with Crippen LogP contribution in [0.25, 0.3) is 0 Å². The summed E-state index contributed by atoms with van der Waals surface area (Å²) in [5.41, 5.74) is 0. The first-order chi connectivity index (χ1) is 7.33. The highest BCUT2D eigenvalue weighted by Gasteiger charge is 2.17. The van der Waals surface area contributed by atoms with Crippen molar-refractivity contribution in [1.29, 1.82) is 0 Å². The minimum absolute atomic E-state index is 0.270. The number of benzene rings is 2. The number of hydrogen-bond donors (Lipinski definition) is 0. The van der Waals surface area contributed by atoms with E-state index in [1.807, 2.05) is 24.3 Å². The third-order valence-corrected chi connectivity index (χ3v) is 3.31. The molecule has 2 aromatic carbocycles. The highest BCUT2D eigenvalue weighted by Crippen LogP contribution is 2.46.